The van der Waals surface area contributed by atoms with Crippen LogP contribution in [-0.4, -0.2) is 36.1 Å². The van der Waals surface area contributed by atoms with E-state index in [0.717, 1.165) is 55.2 Å². The minimum Gasteiger partial charge on any atom is -0.372 e. The van der Waals surface area contributed by atoms with Gasteiger partial charge in [-0.15, -0.1) is 0 Å². The van der Waals surface area contributed by atoms with E-state index in [1.54, 1.807) is 0 Å². The maximum absolute atomic E-state index is 4.66. The number of rotatable bonds is 6. The third-order valence-electron chi connectivity index (χ3n) is 5.07. The lowest BCUT2D eigenvalue weighted by Gasteiger charge is -2.32. The highest BCUT2D eigenvalue weighted by Crippen LogP contribution is 2.25. The molecule has 0 radical (unpaired) electrons. The standard InChI is InChI=1S/C21H31N5/c1-5-25(6-2)19-11-9-18(10-12-19)24-20-14-21(23-17(4)22-20)26-13-7-8-16(3)15-26/h9-12,14,16H,5-8,13,15H2,1-4H3,(H,22,23,24). The Kier molecular flexibility index (Phi) is 5.96. The van der Waals surface area contributed by atoms with Gasteiger partial charge in [0.15, 0.2) is 0 Å². The molecule has 5 heteroatoms. The van der Waals surface area contributed by atoms with Crippen molar-refractivity contribution in [3.05, 3.63) is 36.2 Å². The molecule has 1 aromatic carbocycles. The van der Waals surface area contributed by atoms with Crippen molar-refractivity contribution in [2.75, 3.05) is 41.3 Å². The van der Waals surface area contributed by atoms with Gasteiger partial charge in [0, 0.05) is 43.6 Å². The van der Waals surface area contributed by atoms with Gasteiger partial charge in [-0.05, 0) is 63.8 Å². The molecule has 0 aliphatic carbocycles. The van der Waals surface area contributed by atoms with Crippen LogP contribution in [0.25, 0.3) is 0 Å². The summed E-state index contributed by atoms with van der Waals surface area (Å²) < 4.78 is 0. The molecule has 1 N–H and O–H groups in total. The van der Waals surface area contributed by atoms with Crippen molar-refractivity contribution in [2.45, 2.75) is 40.5 Å². The van der Waals surface area contributed by atoms with E-state index in [9.17, 15) is 0 Å². The minimum atomic E-state index is 0.725. The van der Waals surface area contributed by atoms with Gasteiger partial charge in [0.1, 0.15) is 17.5 Å². The van der Waals surface area contributed by atoms with Crippen molar-refractivity contribution in [1.29, 1.82) is 0 Å². The molecule has 0 saturated carbocycles. The van der Waals surface area contributed by atoms with Crippen LogP contribution in [0.1, 0.15) is 39.4 Å². The molecule has 140 valence electrons. The molecule has 1 fully saturated rings. The normalized spacial score (nSPS) is 17.2. The van der Waals surface area contributed by atoms with Gasteiger partial charge in [-0.2, -0.15) is 0 Å². The van der Waals surface area contributed by atoms with E-state index < -0.39 is 0 Å². The predicted octanol–water partition coefficient (Wildman–Crippen LogP) is 4.61. The lowest BCUT2D eigenvalue weighted by Crippen LogP contribution is -2.35. The fourth-order valence-corrected chi connectivity index (χ4v) is 3.67. The number of hydrogen-bond acceptors (Lipinski definition) is 5. The van der Waals surface area contributed by atoms with Crippen molar-refractivity contribution < 1.29 is 0 Å². The van der Waals surface area contributed by atoms with Gasteiger partial charge in [-0.3, -0.25) is 0 Å². The lowest BCUT2D eigenvalue weighted by atomic mass is 10.0. The molecule has 2 heterocycles. The SMILES string of the molecule is CCN(CC)c1ccc(Nc2cc(N3CCCC(C)C3)nc(C)n2)cc1. The topological polar surface area (TPSA) is 44.3 Å². The Bertz CT molecular complexity index is 709. The molecule has 1 atom stereocenters. The molecule has 2 aromatic rings. The van der Waals surface area contributed by atoms with Crippen molar-refractivity contribution in [2.24, 2.45) is 5.92 Å². The van der Waals surface area contributed by atoms with Gasteiger partial charge in [-0.1, -0.05) is 6.92 Å². The Morgan fingerprint density at radius 2 is 1.88 bits per heavy atom. The second-order valence-electron chi connectivity index (χ2n) is 7.20. The summed E-state index contributed by atoms with van der Waals surface area (Å²) in [6.45, 7) is 12.8. The molecule has 0 bridgehead atoms. The molecule has 1 aliphatic rings. The Hall–Kier alpha value is -2.30. The Labute approximate surface area is 157 Å². The highest BCUT2D eigenvalue weighted by Gasteiger charge is 2.18. The van der Waals surface area contributed by atoms with E-state index in [0.29, 0.717) is 0 Å². The molecule has 1 aromatic heterocycles. The number of piperidine rings is 1. The van der Waals surface area contributed by atoms with Crippen LogP contribution in [0, 0.1) is 12.8 Å². The highest BCUT2D eigenvalue weighted by atomic mass is 15.2. The summed E-state index contributed by atoms with van der Waals surface area (Å²) >= 11 is 0. The van der Waals surface area contributed by atoms with Gasteiger partial charge in [0.05, 0.1) is 0 Å². The van der Waals surface area contributed by atoms with E-state index in [4.69, 9.17) is 0 Å². The molecule has 0 spiro atoms. The van der Waals surface area contributed by atoms with Crippen molar-refractivity contribution in [1.82, 2.24) is 9.97 Å². The van der Waals surface area contributed by atoms with Crippen LogP contribution in [0.2, 0.25) is 0 Å². The molecule has 1 saturated heterocycles. The van der Waals surface area contributed by atoms with Gasteiger partial charge in [0.2, 0.25) is 0 Å². The third-order valence-corrected chi connectivity index (χ3v) is 5.07. The molecule has 5 nitrogen and oxygen atoms in total. The zero-order valence-electron chi connectivity index (χ0n) is 16.5. The van der Waals surface area contributed by atoms with E-state index in [-0.39, 0.29) is 0 Å². The number of hydrogen-bond donors (Lipinski definition) is 1. The summed E-state index contributed by atoms with van der Waals surface area (Å²) in [7, 11) is 0. The second kappa shape index (κ2) is 8.39. The summed E-state index contributed by atoms with van der Waals surface area (Å²) in [5.41, 5.74) is 2.30. The maximum atomic E-state index is 4.66. The molecular formula is C21H31N5. The minimum absolute atomic E-state index is 0.725. The number of aryl methyl sites for hydroxylation is 1. The second-order valence-corrected chi connectivity index (χ2v) is 7.20. The summed E-state index contributed by atoms with van der Waals surface area (Å²) in [5, 5.41) is 3.44. The third kappa shape index (κ3) is 4.45. The Balaban J connectivity index is 1.75. The first-order chi connectivity index (χ1) is 12.6. The van der Waals surface area contributed by atoms with Gasteiger partial charge in [-0.25, -0.2) is 9.97 Å². The molecule has 1 unspecified atom stereocenters. The van der Waals surface area contributed by atoms with E-state index in [1.165, 1.54) is 18.5 Å². The van der Waals surface area contributed by atoms with Crippen molar-refractivity contribution in [3.8, 4) is 0 Å². The van der Waals surface area contributed by atoms with Gasteiger partial charge in [0.25, 0.3) is 0 Å². The van der Waals surface area contributed by atoms with Crippen LogP contribution in [0.15, 0.2) is 30.3 Å². The van der Waals surface area contributed by atoms with E-state index >= 15 is 0 Å². The van der Waals surface area contributed by atoms with Crippen LogP contribution in [0.4, 0.5) is 23.0 Å². The summed E-state index contributed by atoms with van der Waals surface area (Å²) in [6, 6.07) is 10.6. The van der Waals surface area contributed by atoms with Crippen LogP contribution < -0.4 is 15.1 Å². The largest absolute Gasteiger partial charge is 0.372 e. The fourth-order valence-electron chi connectivity index (χ4n) is 3.67. The smallest absolute Gasteiger partial charge is 0.136 e. The van der Waals surface area contributed by atoms with Crippen LogP contribution >= 0.6 is 0 Å². The maximum Gasteiger partial charge on any atom is 0.136 e. The number of nitrogens with zero attached hydrogens (tertiary/aromatic N) is 4. The Morgan fingerprint density at radius 1 is 1.15 bits per heavy atom. The van der Waals surface area contributed by atoms with Crippen LogP contribution in [0.3, 0.4) is 0 Å². The van der Waals surface area contributed by atoms with Gasteiger partial charge >= 0.3 is 0 Å². The first-order valence-electron chi connectivity index (χ1n) is 9.81. The zero-order valence-corrected chi connectivity index (χ0v) is 16.5. The highest BCUT2D eigenvalue weighted by molar-refractivity contribution is 5.63. The first-order valence-corrected chi connectivity index (χ1v) is 9.81. The number of benzene rings is 1. The monoisotopic (exact) mass is 353 g/mol. The average molecular weight is 354 g/mol. The number of nitrogens with one attached hydrogen (secondary N) is 1. The first kappa shape index (κ1) is 18.5. The van der Waals surface area contributed by atoms with Crippen LogP contribution in [-0.2, 0) is 0 Å². The van der Waals surface area contributed by atoms with E-state index in [1.807, 2.05) is 6.92 Å². The van der Waals surface area contributed by atoms with Crippen molar-refractivity contribution >= 4 is 23.0 Å². The number of aromatic nitrogens is 2. The fraction of sp³-hybridized carbons (Fsp3) is 0.524. The summed E-state index contributed by atoms with van der Waals surface area (Å²) in [6.07, 6.45) is 2.55. The van der Waals surface area contributed by atoms with Crippen molar-refractivity contribution in [3.63, 3.8) is 0 Å². The molecular weight excluding hydrogens is 322 g/mol. The predicted molar refractivity (Wildman–Crippen MR) is 111 cm³/mol. The summed E-state index contributed by atoms with van der Waals surface area (Å²) in [5.74, 6) is 3.43. The van der Waals surface area contributed by atoms with Crippen LogP contribution in [0.5, 0.6) is 0 Å². The molecule has 26 heavy (non-hydrogen) atoms. The molecule has 3 rings (SSSR count). The average Bonchev–Trinajstić information content (AvgIpc) is 2.64. The molecule has 0 amide bonds. The van der Waals surface area contributed by atoms with Gasteiger partial charge < -0.3 is 15.1 Å². The Morgan fingerprint density at radius 3 is 2.54 bits per heavy atom. The van der Waals surface area contributed by atoms with E-state index in [2.05, 4.69) is 76.2 Å². The lowest BCUT2D eigenvalue weighted by molar-refractivity contribution is 0.444. The quantitative estimate of drug-likeness (QED) is 0.821. The molecule has 1 aliphatic heterocycles. The zero-order chi connectivity index (χ0) is 18.5. The summed E-state index contributed by atoms with van der Waals surface area (Å²) in [4.78, 5) is 14.0. The number of anilines is 4.